The maximum absolute atomic E-state index is 13.0. The number of nitrogens with zero attached hydrogens (tertiary/aromatic N) is 1. The van der Waals surface area contributed by atoms with Crippen LogP contribution in [0.4, 0.5) is 8.78 Å². The van der Waals surface area contributed by atoms with E-state index in [2.05, 4.69) is 5.32 Å². The van der Waals surface area contributed by atoms with Crippen LogP contribution >= 0.6 is 0 Å². The molecule has 0 aliphatic carbocycles. The Morgan fingerprint density at radius 1 is 1.26 bits per heavy atom. The fourth-order valence-electron chi connectivity index (χ4n) is 1.81. The minimum absolute atomic E-state index is 0.244. The molecule has 0 radical (unpaired) electrons. The van der Waals surface area contributed by atoms with Crippen LogP contribution in [-0.2, 0) is 9.59 Å². The summed E-state index contributed by atoms with van der Waals surface area (Å²) in [5, 5.41) is 2.07. The number of piperazine rings is 1. The molecule has 1 aromatic rings. The van der Waals surface area contributed by atoms with E-state index in [1.54, 1.807) is 0 Å². The number of hydrogen-bond acceptors (Lipinski definition) is 3. The van der Waals surface area contributed by atoms with Crippen LogP contribution in [0.3, 0.4) is 0 Å². The maximum Gasteiger partial charge on any atom is 0.255 e. The van der Waals surface area contributed by atoms with E-state index in [9.17, 15) is 23.2 Å². The number of amides is 3. The lowest BCUT2D eigenvalue weighted by Gasteiger charge is -2.31. The molecule has 1 aliphatic rings. The summed E-state index contributed by atoms with van der Waals surface area (Å²) in [5.41, 5.74) is -0.244. The third kappa shape index (κ3) is 2.59. The smallest absolute Gasteiger partial charge is 0.255 e. The highest BCUT2D eigenvalue weighted by Crippen LogP contribution is 2.14. The molecule has 0 aromatic heterocycles. The summed E-state index contributed by atoms with van der Waals surface area (Å²) in [5.74, 6) is -3.82. The zero-order chi connectivity index (χ0) is 14.2. The molecule has 2 rings (SSSR count). The second kappa shape index (κ2) is 4.75. The Bertz CT molecular complexity index is 554. The summed E-state index contributed by atoms with van der Waals surface area (Å²) in [6.07, 6.45) is 0. The van der Waals surface area contributed by atoms with Crippen LogP contribution < -0.4 is 5.32 Å². The zero-order valence-corrected chi connectivity index (χ0v) is 9.94. The molecular weight excluding hydrogens is 258 g/mol. The molecule has 19 heavy (non-hydrogen) atoms. The van der Waals surface area contributed by atoms with Crippen molar-refractivity contribution in [2.45, 2.75) is 13.0 Å². The Morgan fingerprint density at radius 2 is 1.84 bits per heavy atom. The highest BCUT2D eigenvalue weighted by molar-refractivity contribution is 6.07. The van der Waals surface area contributed by atoms with Crippen LogP contribution in [0.5, 0.6) is 0 Å². The first-order valence-electron chi connectivity index (χ1n) is 5.49. The molecule has 1 aromatic carbocycles. The molecule has 1 saturated heterocycles. The Labute approximate surface area is 107 Å². The predicted octanol–water partition coefficient (Wildman–Crippen LogP) is 0.452. The van der Waals surface area contributed by atoms with Gasteiger partial charge in [0.1, 0.15) is 24.2 Å². The van der Waals surface area contributed by atoms with E-state index in [-0.39, 0.29) is 12.1 Å². The third-order valence-corrected chi connectivity index (χ3v) is 2.79. The number of rotatable bonds is 1. The topological polar surface area (TPSA) is 66.5 Å². The van der Waals surface area contributed by atoms with Crippen molar-refractivity contribution in [3.8, 4) is 0 Å². The molecule has 3 amide bonds. The van der Waals surface area contributed by atoms with Crippen molar-refractivity contribution in [1.29, 1.82) is 0 Å². The van der Waals surface area contributed by atoms with E-state index in [4.69, 9.17) is 0 Å². The molecule has 100 valence electrons. The van der Waals surface area contributed by atoms with Crippen molar-refractivity contribution in [3.63, 3.8) is 0 Å². The highest BCUT2D eigenvalue weighted by atomic mass is 19.1. The molecule has 1 N–H and O–H groups in total. The minimum Gasteiger partial charge on any atom is -0.318 e. The van der Waals surface area contributed by atoms with Crippen molar-refractivity contribution in [3.05, 3.63) is 35.4 Å². The Kier molecular flexibility index (Phi) is 3.28. The number of nitrogens with one attached hydrogen (secondary N) is 1. The third-order valence-electron chi connectivity index (χ3n) is 2.79. The van der Waals surface area contributed by atoms with Gasteiger partial charge in [-0.05, 0) is 19.1 Å². The van der Waals surface area contributed by atoms with Gasteiger partial charge in [0.25, 0.3) is 5.91 Å². The molecule has 0 bridgehead atoms. The summed E-state index contributed by atoms with van der Waals surface area (Å²) in [7, 11) is 0. The van der Waals surface area contributed by atoms with Crippen LogP contribution in [0, 0.1) is 11.6 Å². The van der Waals surface area contributed by atoms with Gasteiger partial charge in [0.15, 0.2) is 0 Å². The molecule has 1 unspecified atom stereocenters. The summed E-state index contributed by atoms with van der Waals surface area (Å²) >= 11 is 0. The van der Waals surface area contributed by atoms with E-state index >= 15 is 0 Å². The molecule has 1 aliphatic heterocycles. The largest absolute Gasteiger partial charge is 0.318 e. The van der Waals surface area contributed by atoms with E-state index in [1.165, 1.54) is 6.92 Å². The van der Waals surface area contributed by atoms with Crippen molar-refractivity contribution in [1.82, 2.24) is 10.2 Å². The summed E-state index contributed by atoms with van der Waals surface area (Å²) < 4.78 is 26.1. The van der Waals surface area contributed by atoms with Gasteiger partial charge in [0, 0.05) is 11.6 Å². The van der Waals surface area contributed by atoms with Crippen molar-refractivity contribution in [2.24, 2.45) is 0 Å². The molecule has 1 atom stereocenters. The van der Waals surface area contributed by atoms with E-state index in [0.29, 0.717) is 6.07 Å². The average molecular weight is 268 g/mol. The number of benzene rings is 1. The summed E-state index contributed by atoms with van der Waals surface area (Å²) in [6, 6.07) is 1.47. The van der Waals surface area contributed by atoms with Gasteiger partial charge in [-0.3, -0.25) is 19.7 Å². The standard InChI is InChI=1S/C12H10F2N2O3/c1-6-11(18)15-10(17)5-16(6)12(19)7-2-8(13)4-9(14)3-7/h2-4,6H,5H2,1H3,(H,15,17,18). The highest BCUT2D eigenvalue weighted by Gasteiger charge is 2.34. The van der Waals surface area contributed by atoms with Crippen molar-refractivity contribution < 1.29 is 23.2 Å². The fraction of sp³-hybridized carbons (Fsp3) is 0.250. The monoisotopic (exact) mass is 268 g/mol. The molecule has 5 nitrogen and oxygen atoms in total. The molecule has 0 saturated carbocycles. The van der Waals surface area contributed by atoms with Gasteiger partial charge in [-0.15, -0.1) is 0 Å². The quantitative estimate of drug-likeness (QED) is 0.752. The van der Waals surface area contributed by atoms with Crippen LogP contribution in [0.15, 0.2) is 18.2 Å². The minimum atomic E-state index is -0.899. The van der Waals surface area contributed by atoms with Gasteiger partial charge in [0.05, 0.1) is 0 Å². The second-order valence-electron chi connectivity index (χ2n) is 4.18. The number of halogens is 2. The van der Waals surface area contributed by atoms with Crippen LogP contribution in [-0.4, -0.2) is 35.2 Å². The summed E-state index contributed by atoms with van der Waals surface area (Å²) in [6.45, 7) is 1.10. The first kappa shape index (κ1) is 13.1. The molecular formula is C12H10F2N2O3. The lowest BCUT2D eigenvalue weighted by molar-refractivity contribution is -0.138. The fourth-order valence-corrected chi connectivity index (χ4v) is 1.81. The lowest BCUT2D eigenvalue weighted by atomic mass is 10.1. The Morgan fingerprint density at radius 3 is 2.42 bits per heavy atom. The molecule has 7 heteroatoms. The van der Waals surface area contributed by atoms with E-state index in [1.807, 2.05) is 0 Å². The van der Waals surface area contributed by atoms with E-state index < -0.39 is 35.4 Å². The molecule has 1 heterocycles. The van der Waals surface area contributed by atoms with Gasteiger partial charge in [-0.1, -0.05) is 0 Å². The number of carbonyl (C=O) groups is 3. The Balaban J connectivity index is 2.32. The van der Waals surface area contributed by atoms with Crippen LogP contribution in [0.1, 0.15) is 17.3 Å². The lowest BCUT2D eigenvalue weighted by Crippen LogP contribution is -2.58. The van der Waals surface area contributed by atoms with Gasteiger partial charge in [-0.2, -0.15) is 0 Å². The average Bonchev–Trinajstić information content (AvgIpc) is 2.31. The van der Waals surface area contributed by atoms with Crippen LogP contribution in [0.25, 0.3) is 0 Å². The van der Waals surface area contributed by atoms with Crippen molar-refractivity contribution >= 4 is 17.7 Å². The van der Waals surface area contributed by atoms with Gasteiger partial charge < -0.3 is 4.90 Å². The molecule has 1 fully saturated rings. The first-order valence-corrected chi connectivity index (χ1v) is 5.49. The number of hydrogen-bond donors (Lipinski definition) is 1. The molecule has 0 spiro atoms. The number of imide groups is 1. The van der Waals surface area contributed by atoms with Gasteiger partial charge >= 0.3 is 0 Å². The van der Waals surface area contributed by atoms with E-state index in [0.717, 1.165) is 17.0 Å². The summed E-state index contributed by atoms with van der Waals surface area (Å²) in [4.78, 5) is 35.7. The normalized spacial score (nSPS) is 19.3. The second-order valence-corrected chi connectivity index (χ2v) is 4.18. The van der Waals surface area contributed by atoms with Gasteiger partial charge in [-0.25, -0.2) is 8.78 Å². The zero-order valence-electron chi connectivity index (χ0n) is 9.94. The van der Waals surface area contributed by atoms with Gasteiger partial charge in [0.2, 0.25) is 11.8 Å². The Hall–Kier alpha value is -2.31. The SMILES string of the molecule is CC1C(=O)NC(=O)CN1C(=O)c1cc(F)cc(F)c1. The predicted molar refractivity (Wildman–Crippen MR) is 60.0 cm³/mol. The first-order chi connectivity index (χ1) is 8.88. The van der Waals surface area contributed by atoms with Crippen molar-refractivity contribution in [2.75, 3.05) is 6.54 Å². The van der Waals surface area contributed by atoms with Crippen LogP contribution in [0.2, 0.25) is 0 Å². The maximum atomic E-state index is 13.0. The number of carbonyl (C=O) groups excluding carboxylic acids is 3.